The number of aromatic nitrogens is 3. The number of piperazine rings is 1. The van der Waals surface area contributed by atoms with Crippen LogP contribution < -0.4 is 10.2 Å². The van der Waals surface area contributed by atoms with Crippen LogP contribution in [0.1, 0.15) is 5.82 Å². The van der Waals surface area contributed by atoms with Crippen molar-refractivity contribution in [2.24, 2.45) is 12.0 Å². The van der Waals surface area contributed by atoms with Gasteiger partial charge in [0.05, 0.1) is 12.2 Å². The molecule has 0 bridgehead atoms. The zero-order valence-electron chi connectivity index (χ0n) is 14.5. The van der Waals surface area contributed by atoms with Crippen molar-refractivity contribution >= 4 is 35.6 Å². The molecule has 0 radical (unpaired) electrons. The van der Waals surface area contributed by atoms with Crippen LogP contribution >= 0.6 is 24.0 Å². The van der Waals surface area contributed by atoms with Crippen LogP contribution in [0.15, 0.2) is 35.6 Å². The van der Waals surface area contributed by atoms with E-state index in [1.165, 1.54) is 0 Å². The van der Waals surface area contributed by atoms with Crippen LogP contribution in [0.5, 0.6) is 5.75 Å². The number of nitrogens with zero attached hydrogens (tertiary/aromatic N) is 6. The molecular formula is C16H24IN7O. The average molecular weight is 457 g/mol. The summed E-state index contributed by atoms with van der Waals surface area (Å²) >= 11 is 0. The molecule has 1 fully saturated rings. The van der Waals surface area contributed by atoms with Gasteiger partial charge >= 0.3 is 0 Å². The lowest BCUT2D eigenvalue weighted by atomic mass is 10.2. The molecule has 0 aliphatic carbocycles. The minimum absolute atomic E-state index is 0. The zero-order valence-corrected chi connectivity index (χ0v) is 16.8. The van der Waals surface area contributed by atoms with E-state index in [9.17, 15) is 5.11 Å². The highest BCUT2D eigenvalue weighted by Gasteiger charge is 2.21. The number of aliphatic imine (C=N–C) groups is 1. The number of benzene rings is 1. The first-order valence-electron chi connectivity index (χ1n) is 8.00. The zero-order chi connectivity index (χ0) is 16.9. The number of hydrogen-bond acceptors (Lipinski definition) is 5. The Hall–Kier alpha value is -2.04. The Bertz CT molecular complexity index is 710. The Morgan fingerprint density at radius 2 is 1.96 bits per heavy atom. The quantitative estimate of drug-likeness (QED) is 0.407. The van der Waals surface area contributed by atoms with E-state index in [4.69, 9.17) is 0 Å². The molecule has 0 amide bonds. The summed E-state index contributed by atoms with van der Waals surface area (Å²) in [5.41, 5.74) is 0.888. The molecule has 9 heteroatoms. The molecule has 25 heavy (non-hydrogen) atoms. The Labute approximate surface area is 164 Å². The van der Waals surface area contributed by atoms with Crippen molar-refractivity contribution in [2.75, 3.05) is 38.1 Å². The highest BCUT2D eigenvalue weighted by Crippen LogP contribution is 2.27. The van der Waals surface area contributed by atoms with E-state index in [0.29, 0.717) is 12.3 Å². The molecule has 1 aliphatic heterocycles. The van der Waals surface area contributed by atoms with Gasteiger partial charge in [0, 0.05) is 40.3 Å². The monoisotopic (exact) mass is 457 g/mol. The van der Waals surface area contributed by atoms with E-state index in [1.54, 1.807) is 19.4 Å². The Morgan fingerprint density at radius 3 is 2.56 bits per heavy atom. The van der Waals surface area contributed by atoms with Crippen LogP contribution in [0.4, 0.5) is 5.69 Å². The number of rotatable bonds is 3. The van der Waals surface area contributed by atoms with Crippen LogP contribution in [-0.2, 0) is 13.6 Å². The number of phenols is 1. The van der Waals surface area contributed by atoms with Crippen LogP contribution in [0.3, 0.4) is 0 Å². The minimum Gasteiger partial charge on any atom is -0.506 e. The van der Waals surface area contributed by atoms with Crippen LogP contribution in [0, 0.1) is 0 Å². The highest BCUT2D eigenvalue weighted by molar-refractivity contribution is 14.0. The first-order chi connectivity index (χ1) is 11.7. The average Bonchev–Trinajstić information content (AvgIpc) is 3.02. The van der Waals surface area contributed by atoms with Crippen molar-refractivity contribution in [2.45, 2.75) is 6.54 Å². The van der Waals surface area contributed by atoms with Gasteiger partial charge in [0.2, 0.25) is 0 Å². The summed E-state index contributed by atoms with van der Waals surface area (Å²) in [5.74, 6) is 2.05. The summed E-state index contributed by atoms with van der Waals surface area (Å²) in [5, 5.41) is 21.3. The number of hydrogen-bond donors (Lipinski definition) is 2. The fourth-order valence-electron chi connectivity index (χ4n) is 2.85. The van der Waals surface area contributed by atoms with Gasteiger partial charge in [-0.3, -0.25) is 4.99 Å². The van der Waals surface area contributed by atoms with Crippen LogP contribution in [0.2, 0.25) is 0 Å². The Kier molecular flexibility index (Phi) is 6.85. The number of guanidine groups is 1. The van der Waals surface area contributed by atoms with Crippen molar-refractivity contribution in [3.05, 3.63) is 36.4 Å². The maximum Gasteiger partial charge on any atom is 0.194 e. The second-order valence-corrected chi connectivity index (χ2v) is 5.72. The summed E-state index contributed by atoms with van der Waals surface area (Å²) < 4.78 is 1.89. The fourth-order valence-corrected chi connectivity index (χ4v) is 2.85. The topological polar surface area (TPSA) is 81.8 Å². The molecule has 1 aliphatic rings. The van der Waals surface area contributed by atoms with Crippen LogP contribution in [0.25, 0.3) is 0 Å². The van der Waals surface area contributed by atoms with E-state index < -0.39 is 0 Å². The van der Waals surface area contributed by atoms with Gasteiger partial charge in [-0.2, -0.15) is 0 Å². The molecular weight excluding hydrogens is 433 g/mol. The molecule has 0 atom stereocenters. The lowest BCUT2D eigenvalue weighted by molar-refractivity contribution is 0.369. The largest absolute Gasteiger partial charge is 0.506 e. The lowest BCUT2D eigenvalue weighted by Crippen LogP contribution is -2.52. The lowest BCUT2D eigenvalue weighted by Gasteiger charge is -2.37. The second kappa shape index (κ2) is 8.88. The standard InChI is InChI=1S/C16H23N7O.HI/c1-17-16(18-11-15-20-19-12-21(15)2)23-9-7-22(8-10-23)13-5-3-4-6-14(13)24;/h3-6,12,24H,7-11H2,1-2H3,(H,17,18);1H. The molecule has 2 N–H and O–H groups in total. The molecule has 0 unspecified atom stereocenters. The number of anilines is 1. The van der Waals surface area contributed by atoms with E-state index in [2.05, 4.69) is 30.3 Å². The molecule has 2 heterocycles. The molecule has 1 aromatic carbocycles. The molecule has 0 spiro atoms. The van der Waals surface area contributed by atoms with Crippen LogP contribution in [-0.4, -0.2) is 64.0 Å². The Balaban J connectivity index is 0.00000225. The summed E-state index contributed by atoms with van der Waals surface area (Å²) in [6.45, 7) is 3.94. The van der Waals surface area contributed by atoms with Gasteiger partial charge in [-0.25, -0.2) is 0 Å². The first kappa shape index (κ1) is 19.3. The number of aryl methyl sites for hydroxylation is 1. The van der Waals surface area contributed by atoms with E-state index in [1.807, 2.05) is 29.8 Å². The summed E-state index contributed by atoms with van der Waals surface area (Å²) in [4.78, 5) is 8.77. The maximum atomic E-state index is 9.99. The third-order valence-electron chi connectivity index (χ3n) is 4.22. The van der Waals surface area contributed by atoms with Gasteiger partial charge in [-0.1, -0.05) is 12.1 Å². The van der Waals surface area contributed by atoms with E-state index in [-0.39, 0.29) is 24.0 Å². The van der Waals surface area contributed by atoms with Crippen molar-refractivity contribution in [3.63, 3.8) is 0 Å². The first-order valence-corrected chi connectivity index (χ1v) is 8.00. The number of nitrogens with one attached hydrogen (secondary N) is 1. The number of para-hydroxylation sites is 2. The minimum atomic E-state index is 0. The van der Waals surface area contributed by atoms with E-state index in [0.717, 1.165) is 43.7 Å². The normalized spacial score (nSPS) is 15.0. The summed E-state index contributed by atoms with van der Waals surface area (Å²) in [6, 6.07) is 7.46. The summed E-state index contributed by atoms with van der Waals surface area (Å²) in [7, 11) is 3.71. The van der Waals surface area contributed by atoms with Gasteiger partial charge < -0.3 is 24.8 Å². The van der Waals surface area contributed by atoms with Crippen molar-refractivity contribution in [3.8, 4) is 5.75 Å². The van der Waals surface area contributed by atoms with E-state index >= 15 is 0 Å². The predicted octanol–water partition coefficient (Wildman–Crippen LogP) is 1.04. The van der Waals surface area contributed by atoms with Gasteiger partial charge in [0.15, 0.2) is 11.8 Å². The number of aromatic hydroxyl groups is 1. The number of phenolic OH excluding ortho intramolecular Hbond substituents is 1. The third kappa shape index (κ3) is 4.53. The van der Waals surface area contributed by atoms with Crippen molar-refractivity contribution < 1.29 is 5.11 Å². The SMILES string of the molecule is CN=C(NCc1nncn1C)N1CCN(c2ccccc2O)CC1.I. The molecule has 0 saturated carbocycles. The molecule has 1 saturated heterocycles. The van der Waals surface area contributed by atoms with Gasteiger partial charge in [0.1, 0.15) is 12.1 Å². The summed E-state index contributed by atoms with van der Waals surface area (Å²) in [6.07, 6.45) is 1.69. The Morgan fingerprint density at radius 1 is 1.24 bits per heavy atom. The molecule has 136 valence electrons. The third-order valence-corrected chi connectivity index (χ3v) is 4.22. The van der Waals surface area contributed by atoms with Crippen molar-refractivity contribution in [1.29, 1.82) is 0 Å². The van der Waals surface area contributed by atoms with Gasteiger partial charge in [-0.15, -0.1) is 34.2 Å². The smallest absolute Gasteiger partial charge is 0.194 e. The highest BCUT2D eigenvalue weighted by atomic mass is 127. The predicted molar refractivity (Wildman–Crippen MR) is 109 cm³/mol. The molecule has 2 aromatic rings. The molecule has 8 nitrogen and oxygen atoms in total. The fraction of sp³-hybridized carbons (Fsp3) is 0.438. The van der Waals surface area contributed by atoms with Gasteiger partial charge in [0.25, 0.3) is 0 Å². The molecule has 1 aromatic heterocycles. The van der Waals surface area contributed by atoms with Crippen molar-refractivity contribution in [1.82, 2.24) is 25.0 Å². The second-order valence-electron chi connectivity index (χ2n) is 5.72. The molecule has 3 rings (SSSR count). The van der Waals surface area contributed by atoms with Gasteiger partial charge in [-0.05, 0) is 12.1 Å². The maximum absolute atomic E-state index is 9.99. The number of halogens is 1.